The minimum atomic E-state index is 0.361. The van der Waals surface area contributed by atoms with Gasteiger partial charge in [0.2, 0.25) is 0 Å². The molecule has 104 valence electrons. The molecule has 0 saturated carbocycles. The lowest BCUT2D eigenvalue weighted by molar-refractivity contribution is 0.0961. The van der Waals surface area contributed by atoms with E-state index in [1.165, 1.54) is 15.3 Å². The summed E-state index contributed by atoms with van der Waals surface area (Å²) < 4.78 is 5.78. The van der Waals surface area contributed by atoms with E-state index in [-0.39, 0.29) is 0 Å². The van der Waals surface area contributed by atoms with Crippen LogP contribution in [0.2, 0.25) is 0 Å². The molecule has 3 heteroatoms. The monoisotopic (exact) mass is 269 g/mol. The maximum absolute atomic E-state index is 5.78. The van der Waals surface area contributed by atoms with Crippen LogP contribution in [-0.4, -0.2) is 13.2 Å². The van der Waals surface area contributed by atoms with Gasteiger partial charge in [-0.15, -0.1) is 11.3 Å². The number of hydrogen-bond acceptors (Lipinski definition) is 3. The summed E-state index contributed by atoms with van der Waals surface area (Å²) >= 11 is 1.88. The van der Waals surface area contributed by atoms with E-state index in [9.17, 15) is 0 Å². The van der Waals surface area contributed by atoms with Gasteiger partial charge in [-0.3, -0.25) is 0 Å². The Balaban J connectivity index is 2.35. The highest BCUT2D eigenvalue weighted by Crippen LogP contribution is 2.23. The summed E-state index contributed by atoms with van der Waals surface area (Å²) in [6.07, 6.45) is 1.11. The van der Waals surface area contributed by atoms with Gasteiger partial charge < -0.3 is 10.1 Å². The van der Waals surface area contributed by atoms with Gasteiger partial charge in [0, 0.05) is 22.9 Å². The molecule has 18 heavy (non-hydrogen) atoms. The molecular formula is C15H27NOS. The number of thiophene rings is 1. The normalized spacial score (nSPS) is 12.1. The van der Waals surface area contributed by atoms with Crippen molar-refractivity contribution in [3.05, 3.63) is 21.4 Å². The summed E-state index contributed by atoms with van der Waals surface area (Å²) in [6.45, 7) is 14.7. The third-order valence-electron chi connectivity index (χ3n) is 2.87. The Bertz CT molecular complexity index is 352. The van der Waals surface area contributed by atoms with E-state index >= 15 is 0 Å². The standard InChI is InChI=1S/C15H27NOS/c1-6-16-10-14-9-13(12(2)18-14)11-17-8-7-15(3,4)5/h9,16H,6-8,10-11H2,1-5H3. The molecule has 0 bridgehead atoms. The molecule has 0 amide bonds. The van der Waals surface area contributed by atoms with Crippen LogP contribution >= 0.6 is 11.3 Å². The molecule has 1 heterocycles. The van der Waals surface area contributed by atoms with Crippen molar-refractivity contribution in [3.63, 3.8) is 0 Å². The van der Waals surface area contributed by atoms with Crippen molar-refractivity contribution in [3.8, 4) is 0 Å². The predicted molar refractivity (Wildman–Crippen MR) is 80.2 cm³/mol. The van der Waals surface area contributed by atoms with E-state index in [2.05, 4.69) is 46.0 Å². The molecule has 0 saturated heterocycles. The summed E-state index contributed by atoms with van der Waals surface area (Å²) in [5.41, 5.74) is 1.71. The quantitative estimate of drug-likeness (QED) is 0.752. The lowest BCUT2D eigenvalue weighted by atomic mass is 9.93. The van der Waals surface area contributed by atoms with Crippen molar-refractivity contribution in [2.24, 2.45) is 5.41 Å². The smallest absolute Gasteiger partial charge is 0.0727 e. The summed E-state index contributed by atoms with van der Waals surface area (Å²) in [4.78, 5) is 2.79. The van der Waals surface area contributed by atoms with Gasteiger partial charge in [-0.2, -0.15) is 0 Å². The zero-order chi connectivity index (χ0) is 13.6. The molecular weight excluding hydrogens is 242 g/mol. The van der Waals surface area contributed by atoms with Crippen LogP contribution in [-0.2, 0) is 17.9 Å². The fraction of sp³-hybridized carbons (Fsp3) is 0.733. The fourth-order valence-corrected chi connectivity index (χ4v) is 2.64. The average molecular weight is 269 g/mol. The predicted octanol–water partition coefficient (Wildman–Crippen LogP) is 4.12. The summed E-state index contributed by atoms with van der Waals surface area (Å²) in [5, 5.41) is 3.36. The van der Waals surface area contributed by atoms with Crippen LogP contribution in [0.3, 0.4) is 0 Å². The molecule has 0 atom stereocenters. The lowest BCUT2D eigenvalue weighted by Crippen LogP contribution is -2.10. The van der Waals surface area contributed by atoms with E-state index in [4.69, 9.17) is 4.74 Å². The topological polar surface area (TPSA) is 21.3 Å². The van der Waals surface area contributed by atoms with Gasteiger partial charge in [-0.1, -0.05) is 27.7 Å². The third kappa shape index (κ3) is 5.98. The number of rotatable bonds is 7. The SMILES string of the molecule is CCNCc1cc(COCCC(C)(C)C)c(C)s1. The van der Waals surface area contributed by atoms with Crippen LogP contribution in [0, 0.1) is 12.3 Å². The maximum atomic E-state index is 5.78. The van der Waals surface area contributed by atoms with Crippen LogP contribution in [0.15, 0.2) is 6.07 Å². The second kappa shape index (κ2) is 7.27. The minimum Gasteiger partial charge on any atom is -0.377 e. The number of hydrogen-bond donors (Lipinski definition) is 1. The van der Waals surface area contributed by atoms with Crippen LogP contribution in [0.1, 0.15) is 49.4 Å². The van der Waals surface area contributed by atoms with E-state index in [0.717, 1.165) is 32.7 Å². The van der Waals surface area contributed by atoms with Gasteiger partial charge in [-0.25, -0.2) is 0 Å². The molecule has 1 rings (SSSR count). The average Bonchev–Trinajstić information content (AvgIpc) is 2.61. The van der Waals surface area contributed by atoms with Crippen molar-refractivity contribution >= 4 is 11.3 Å². The Morgan fingerprint density at radius 3 is 2.67 bits per heavy atom. The minimum absolute atomic E-state index is 0.361. The van der Waals surface area contributed by atoms with Crippen molar-refractivity contribution in [1.82, 2.24) is 5.32 Å². The van der Waals surface area contributed by atoms with E-state index < -0.39 is 0 Å². The highest BCUT2D eigenvalue weighted by molar-refractivity contribution is 7.12. The Morgan fingerprint density at radius 2 is 2.06 bits per heavy atom. The Hall–Kier alpha value is -0.380. The Kier molecular flexibility index (Phi) is 6.33. The summed E-state index contributed by atoms with van der Waals surface area (Å²) in [5.74, 6) is 0. The largest absolute Gasteiger partial charge is 0.377 e. The van der Waals surface area contributed by atoms with Gasteiger partial charge in [0.05, 0.1) is 6.61 Å². The number of nitrogens with one attached hydrogen (secondary N) is 1. The molecule has 0 spiro atoms. The van der Waals surface area contributed by atoms with Gasteiger partial charge in [0.25, 0.3) is 0 Å². The highest BCUT2D eigenvalue weighted by atomic mass is 32.1. The summed E-state index contributed by atoms with van der Waals surface area (Å²) in [7, 11) is 0. The zero-order valence-electron chi connectivity index (χ0n) is 12.4. The summed E-state index contributed by atoms with van der Waals surface area (Å²) in [6, 6.07) is 2.28. The lowest BCUT2D eigenvalue weighted by Gasteiger charge is -2.17. The molecule has 0 aromatic carbocycles. The molecule has 0 aliphatic rings. The van der Waals surface area contributed by atoms with Gasteiger partial charge in [-0.05, 0) is 36.9 Å². The molecule has 1 N–H and O–H groups in total. The van der Waals surface area contributed by atoms with Crippen LogP contribution in [0.25, 0.3) is 0 Å². The highest BCUT2D eigenvalue weighted by Gasteiger charge is 2.10. The zero-order valence-corrected chi connectivity index (χ0v) is 13.2. The van der Waals surface area contributed by atoms with Crippen molar-refractivity contribution in [1.29, 1.82) is 0 Å². The molecule has 0 aliphatic heterocycles. The molecule has 0 radical (unpaired) electrons. The Labute approximate surface area is 116 Å². The maximum Gasteiger partial charge on any atom is 0.0727 e. The Morgan fingerprint density at radius 1 is 1.33 bits per heavy atom. The number of ether oxygens (including phenoxy) is 1. The molecule has 0 unspecified atom stereocenters. The first-order valence-electron chi connectivity index (χ1n) is 6.79. The molecule has 2 nitrogen and oxygen atoms in total. The van der Waals surface area contributed by atoms with E-state index in [1.54, 1.807) is 0 Å². The van der Waals surface area contributed by atoms with Crippen molar-refractivity contribution in [2.75, 3.05) is 13.2 Å². The molecule has 0 aliphatic carbocycles. The van der Waals surface area contributed by atoms with Crippen molar-refractivity contribution < 1.29 is 4.74 Å². The molecule has 0 fully saturated rings. The molecule has 1 aromatic rings. The van der Waals surface area contributed by atoms with Gasteiger partial charge >= 0.3 is 0 Å². The molecule has 1 aromatic heterocycles. The van der Waals surface area contributed by atoms with Crippen LogP contribution in [0.4, 0.5) is 0 Å². The fourth-order valence-electron chi connectivity index (χ4n) is 1.63. The van der Waals surface area contributed by atoms with E-state index in [0.29, 0.717) is 5.41 Å². The first kappa shape index (κ1) is 15.7. The van der Waals surface area contributed by atoms with Crippen molar-refractivity contribution in [2.45, 2.75) is 54.2 Å². The number of aryl methyl sites for hydroxylation is 1. The second-order valence-electron chi connectivity index (χ2n) is 5.94. The first-order valence-corrected chi connectivity index (χ1v) is 7.60. The third-order valence-corrected chi connectivity index (χ3v) is 3.97. The van der Waals surface area contributed by atoms with E-state index in [1.807, 2.05) is 11.3 Å². The van der Waals surface area contributed by atoms with Gasteiger partial charge in [0.15, 0.2) is 0 Å². The first-order chi connectivity index (χ1) is 8.42. The van der Waals surface area contributed by atoms with Crippen LogP contribution < -0.4 is 5.32 Å². The van der Waals surface area contributed by atoms with Gasteiger partial charge in [0.1, 0.15) is 0 Å². The second-order valence-corrected chi connectivity index (χ2v) is 7.28. The van der Waals surface area contributed by atoms with Crippen LogP contribution in [0.5, 0.6) is 0 Å².